The third-order valence-electron chi connectivity index (χ3n) is 2.58. The van der Waals surface area contributed by atoms with Gasteiger partial charge in [0.05, 0.1) is 24.1 Å². The van der Waals surface area contributed by atoms with Gasteiger partial charge in [0.2, 0.25) is 0 Å². The first kappa shape index (κ1) is 15.1. The molecule has 0 bridgehead atoms. The molecule has 1 N–H and O–H groups in total. The number of rotatable bonds is 8. The maximum absolute atomic E-state index is 5.54. The standard InChI is InChI=1S/C14H25N3O/c1-12(2)18-9-8-17(4)11-14-7-5-6-13(16-14)10-15-3/h5-7,12,15H,8-11H2,1-4H3. The van der Waals surface area contributed by atoms with Crippen LogP contribution >= 0.6 is 0 Å². The Labute approximate surface area is 110 Å². The van der Waals surface area contributed by atoms with E-state index in [0.717, 1.165) is 37.6 Å². The first-order valence-corrected chi connectivity index (χ1v) is 6.51. The third kappa shape index (κ3) is 6.10. The van der Waals surface area contributed by atoms with Crippen LogP contribution < -0.4 is 5.32 Å². The van der Waals surface area contributed by atoms with Crippen molar-refractivity contribution in [1.29, 1.82) is 0 Å². The van der Waals surface area contributed by atoms with E-state index in [1.54, 1.807) is 0 Å². The molecule has 4 nitrogen and oxygen atoms in total. The van der Waals surface area contributed by atoms with Gasteiger partial charge in [-0.25, -0.2) is 0 Å². The van der Waals surface area contributed by atoms with Crippen LogP contribution in [0.3, 0.4) is 0 Å². The molecule has 1 aromatic heterocycles. The highest BCUT2D eigenvalue weighted by molar-refractivity contribution is 5.11. The van der Waals surface area contributed by atoms with Crippen LogP contribution in [0.25, 0.3) is 0 Å². The summed E-state index contributed by atoms with van der Waals surface area (Å²) in [6, 6.07) is 6.17. The fourth-order valence-electron chi connectivity index (χ4n) is 1.70. The van der Waals surface area contributed by atoms with Gasteiger partial charge in [-0.1, -0.05) is 6.07 Å². The lowest BCUT2D eigenvalue weighted by molar-refractivity contribution is 0.0625. The van der Waals surface area contributed by atoms with Crippen molar-refractivity contribution in [2.45, 2.75) is 33.0 Å². The number of aromatic nitrogens is 1. The van der Waals surface area contributed by atoms with Gasteiger partial charge < -0.3 is 10.1 Å². The highest BCUT2D eigenvalue weighted by Gasteiger charge is 2.03. The second-order valence-electron chi connectivity index (χ2n) is 4.81. The summed E-state index contributed by atoms with van der Waals surface area (Å²) in [6.45, 7) is 7.49. The topological polar surface area (TPSA) is 37.4 Å². The molecular formula is C14H25N3O. The van der Waals surface area contributed by atoms with Gasteiger partial charge in [-0.05, 0) is 40.1 Å². The minimum absolute atomic E-state index is 0.301. The summed E-state index contributed by atoms with van der Waals surface area (Å²) in [6.07, 6.45) is 0.301. The van der Waals surface area contributed by atoms with E-state index in [-0.39, 0.29) is 0 Å². The highest BCUT2D eigenvalue weighted by Crippen LogP contribution is 2.02. The average molecular weight is 251 g/mol. The van der Waals surface area contributed by atoms with Crippen molar-refractivity contribution in [3.8, 4) is 0 Å². The number of pyridine rings is 1. The Kier molecular flexibility index (Phi) is 6.86. The quantitative estimate of drug-likeness (QED) is 0.762. The molecule has 0 radical (unpaired) electrons. The zero-order valence-electron chi connectivity index (χ0n) is 11.9. The van der Waals surface area contributed by atoms with Gasteiger partial charge in [-0.2, -0.15) is 0 Å². The minimum Gasteiger partial charge on any atom is -0.377 e. The maximum Gasteiger partial charge on any atom is 0.0596 e. The van der Waals surface area contributed by atoms with E-state index in [1.807, 2.05) is 13.1 Å². The van der Waals surface area contributed by atoms with Gasteiger partial charge >= 0.3 is 0 Å². The number of hydrogen-bond donors (Lipinski definition) is 1. The van der Waals surface area contributed by atoms with E-state index in [9.17, 15) is 0 Å². The van der Waals surface area contributed by atoms with Crippen LogP contribution in [0.4, 0.5) is 0 Å². The van der Waals surface area contributed by atoms with Crippen molar-refractivity contribution in [3.63, 3.8) is 0 Å². The second kappa shape index (κ2) is 8.19. The summed E-state index contributed by atoms with van der Waals surface area (Å²) < 4.78 is 5.54. The molecule has 0 aromatic carbocycles. The van der Waals surface area contributed by atoms with E-state index < -0.39 is 0 Å². The molecular weight excluding hydrogens is 226 g/mol. The predicted molar refractivity (Wildman–Crippen MR) is 74.4 cm³/mol. The molecule has 0 unspecified atom stereocenters. The summed E-state index contributed by atoms with van der Waals surface area (Å²) in [5, 5.41) is 3.12. The fourth-order valence-corrected chi connectivity index (χ4v) is 1.70. The van der Waals surface area contributed by atoms with Gasteiger partial charge in [0.1, 0.15) is 0 Å². The van der Waals surface area contributed by atoms with E-state index in [1.165, 1.54) is 0 Å². The Bertz CT molecular complexity index is 342. The number of likely N-dealkylation sites (N-methyl/N-ethyl adjacent to an activating group) is 1. The lowest BCUT2D eigenvalue weighted by Gasteiger charge is -2.17. The summed E-state index contributed by atoms with van der Waals surface area (Å²) >= 11 is 0. The van der Waals surface area contributed by atoms with E-state index in [2.05, 4.69) is 48.2 Å². The van der Waals surface area contributed by atoms with Gasteiger partial charge in [0.25, 0.3) is 0 Å². The Balaban J connectivity index is 2.38. The van der Waals surface area contributed by atoms with Gasteiger partial charge in [-0.3, -0.25) is 9.88 Å². The van der Waals surface area contributed by atoms with Crippen LogP contribution in [0.15, 0.2) is 18.2 Å². The number of hydrogen-bond acceptors (Lipinski definition) is 4. The van der Waals surface area contributed by atoms with Crippen molar-refractivity contribution in [2.75, 3.05) is 27.2 Å². The van der Waals surface area contributed by atoms with Crippen LogP contribution in [0.2, 0.25) is 0 Å². The molecule has 0 aliphatic carbocycles. The molecule has 0 aliphatic rings. The Morgan fingerprint density at radius 2 is 2.06 bits per heavy atom. The first-order chi connectivity index (χ1) is 8.61. The number of nitrogens with zero attached hydrogens (tertiary/aromatic N) is 2. The zero-order valence-corrected chi connectivity index (χ0v) is 11.9. The lowest BCUT2D eigenvalue weighted by atomic mass is 10.3. The summed E-state index contributed by atoms with van der Waals surface area (Å²) in [5.41, 5.74) is 2.19. The third-order valence-corrected chi connectivity index (χ3v) is 2.58. The molecule has 0 saturated heterocycles. The Morgan fingerprint density at radius 3 is 2.72 bits per heavy atom. The molecule has 1 aromatic rings. The molecule has 0 saturated carbocycles. The molecule has 0 amide bonds. The van der Waals surface area contributed by atoms with Crippen LogP contribution in [0, 0.1) is 0 Å². The first-order valence-electron chi connectivity index (χ1n) is 6.51. The molecule has 0 fully saturated rings. The monoisotopic (exact) mass is 251 g/mol. The molecule has 0 spiro atoms. The molecule has 1 rings (SSSR count). The van der Waals surface area contributed by atoms with Crippen LogP contribution in [0.5, 0.6) is 0 Å². The van der Waals surface area contributed by atoms with Crippen molar-refractivity contribution in [3.05, 3.63) is 29.6 Å². The molecule has 0 atom stereocenters. The molecule has 1 heterocycles. The summed E-state index contributed by atoms with van der Waals surface area (Å²) in [5.74, 6) is 0. The SMILES string of the molecule is CNCc1cccc(CN(C)CCOC(C)C)n1. The number of nitrogens with one attached hydrogen (secondary N) is 1. The molecule has 4 heteroatoms. The highest BCUT2D eigenvalue weighted by atomic mass is 16.5. The van der Waals surface area contributed by atoms with E-state index in [4.69, 9.17) is 4.74 Å². The average Bonchev–Trinajstić information content (AvgIpc) is 2.29. The van der Waals surface area contributed by atoms with Gasteiger partial charge in [0, 0.05) is 19.6 Å². The Morgan fingerprint density at radius 1 is 1.33 bits per heavy atom. The van der Waals surface area contributed by atoms with E-state index >= 15 is 0 Å². The fraction of sp³-hybridized carbons (Fsp3) is 0.643. The summed E-state index contributed by atoms with van der Waals surface area (Å²) in [7, 11) is 4.03. The van der Waals surface area contributed by atoms with Crippen LogP contribution in [0.1, 0.15) is 25.2 Å². The second-order valence-corrected chi connectivity index (χ2v) is 4.81. The largest absolute Gasteiger partial charge is 0.377 e. The molecule has 102 valence electrons. The van der Waals surface area contributed by atoms with Gasteiger partial charge in [0.15, 0.2) is 0 Å². The smallest absolute Gasteiger partial charge is 0.0596 e. The normalized spacial score (nSPS) is 11.4. The Hall–Kier alpha value is -0.970. The van der Waals surface area contributed by atoms with Crippen molar-refractivity contribution in [2.24, 2.45) is 0 Å². The van der Waals surface area contributed by atoms with Crippen molar-refractivity contribution < 1.29 is 4.74 Å². The lowest BCUT2D eigenvalue weighted by Crippen LogP contribution is -2.24. The van der Waals surface area contributed by atoms with Gasteiger partial charge in [-0.15, -0.1) is 0 Å². The predicted octanol–water partition coefficient (Wildman–Crippen LogP) is 1.66. The van der Waals surface area contributed by atoms with Crippen LogP contribution in [-0.4, -0.2) is 43.2 Å². The van der Waals surface area contributed by atoms with Crippen molar-refractivity contribution in [1.82, 2.24) is 15.2 Å². The maximum atomic E-state index is 5.54. The van der Waals surface area contributed by atoms with Crippen molar-refractivity contribution >= 4 is 0 Å². The molecule has 18 heavy (non-hydrogen) atoms. The molecule has 0 aliphatic heterocycles. The number of ether oxygens (including phenoxy) is 1. The van der Waals surface area contributed by atoms with E-state index in [0.29, 0.717) is 6.10 Å². The summed E-state index contributed by atoms with van der Waals surface area (Å²) in [4.78, 5) is 6.83. The minimum atomic E-state index is 0.301. The zero-order chi connectivity index (χ0) is 13.4. The van der Waals surface area contributed by atoms with Crippen LogP contribution in [-0.2, 0) is 17.8 Å².